The highest BCUT2D eigenvalue weighted by atomic mass is 35.5. The van der Waals surface area contributed by atoms with Gasteiger partial charge in [-0.3, -0.25) is 0 Å². The molecular formula is C13H18ClN3O. The lowest BCUT2D eigenvalue weighted by Gasteiger charge is -2.33. The summed E-state index contributed by atoms with van der Waals surface area (Å²) in [6, 6.07) is 5.69. The van der Waals surface area contributed by atoms with Gasteiger partial charge in [-0.25, -0.2) is 4.79 Å². The largest absolute Gasteiger partial charge is 0.322 e. The average Bonchev–Trinajstić information content (AvgIpc) is 2.34. The summed E-state index contributed by atoms with van der Waals surface area (Å²) in [4.78, 5) is 14.0. The van der Waals surface area contributed by atoms with Crippen LogP contribution in [0.2, 0.25) is 5.02 Å². The summed E-state index contributed by atoms with van der Waals surface area (Å²) in [6.07, 6.45) is 0. The van der Waals surface area contributed by atoms with E-state index < -0.39 is 0 Å². The number of halogens is 1. The third kappa shape index (κ3) is 2.94. The zero-order valence-corrected chi connectivity index (χ0v) is 11.4. The predicted octanol–water partition coefficient (Wildman–Crippen LogP) is 2.47. The Labute approximate surface area is 112 Å². The maximum atomic E-state index is 12.1. The van der Waals surface area contributed by atoms with Crippen LogP contribution in [0.5, 0.6) is 0 Å². The number of rotatable bonds is 1. The molecular weight excluding hydrogens is 250 g/mol. The van der Waals surface area contributed by atoms with E-state index in [1.165, 1.54) is 0 Å². The second kappa shape index (κ2) is 5.59. The van der Waals surface area contributed by atoms with Crippen LogP contribution in [0, 0.1) is 6.92 Å². The number of anilines is 1. The fraction of sp³-hybridized carbons (Fsp3) is 0.462. The Bertz CT molecular complexity index is 450. The second-order valence-corrected chi connectivity index (χ2v) is 5.05. The first-order valence-corrected chi connectivity index (χ1v) is 6.50. The van der Waals surface area contributed by atoms with Crippen LogP contribution in [0.25, 0.3) is 0 Å². The molecule has 1 saturated heterocycles. The molecule has 1 atom stereocenters. The lowest BCUT2D eigenvalue weighted by molar-refractivity contribution is 0.177. The van der Waals surface area contributed by atoms with Gasteiger partial charge in [-0.1, -0.05) is 17.7 Å². The second-order valence-electron chi connectivity index (χ2n) is 4.64. The standard InChI is InChI=1S/C13H18ClN3O/c1-9-3-4-11(7-12(9)14)16-13(18)17-6-5-15-8-10(17)2/h3-4,7,10,15H,5-6,8H2,1-2H3,(H,16,18). The Balaban J connectivity index is 2.04. The van der Waals surface area contributed by atoms with Gasteiger partial charge >= 0.3 is 6.03 Å². The summed E-state index contributed by atoms with van der Waals surface area (Å²) < 4.78 is 0. The molecule has 2 amide bonds. The summed E-state index contributed by atoms with van der Waals surface area (Å²) in [7, 11) is 0. The zero-order valence-electron chi connectivity index (χ0n) is 10.7. The average molecular weight is 268 g/mol. The monoisotopic (exact) mass is 267 g/mol. The minimum atomic E-state index is -0.0658. The SMILES string of the molecule is Cc1ccc(NC(=O)N2CCNCC2C)cc1Cl. The summed E-state index contributed by atoms with van der Waals surface area (Å²) in [6.45, 7) is 6.38. The Hall–Kier alpha value is -1.26. The van der Waals surface area contributed by atoms with Gasteiger partial charge in [0.1, 0.15) is 0 Å². The van der Waals surface area contributed by atoms with Gasteiger partial charge in [0.05, 0.1) is 0 Å². The van der Waals surface area contributed by atoms with Crippen molar-refractivity contribution in [1.29, 1.82) is 0 Å². The van der Waals surface area contributed by atoms with E-state index in [0.29, 0.717) is 5.02 Å². The number of benzene rings is 1. The van der Waals surface area contributed by atoms with Crippen molar-refractivity contribution in [3.63, 3.8) is 0 Å². The first-order chi connectivity index (χ1) is 8.58. The van der Waals surface area contributed by atoms with E-state index in [9.17, 15) is 4.79 Å². The van der Waals surface area contributed by atoms with Crippen LogP contribution in [0.1, 0.15) is 12.5 Å². The van der Waals surface area contributed by atoms with Gasteiger partial charge in [0.2, 0.25) is 0 Å². The zero-order chi connectivity index (χ0) is 13.1. The highest BCUT2D eigenvalue weighted by Crippen LogP contribution is 2.20. The molecule has 0 saturated carbocycles. The molecule has 1 aromatic rings. The van der Waals surface area contributed by atoms with Crippen molar-refractivity contribution in [1.82, 2.24) is 10.2 Å². The molecule has 1 aliphatic heterocycles. The minimum absolute atomic E-state index is 0.0658. The van der Waals surface area contributed by atoms with Gasteiger partial charge in [0.25, 0.3) is 0 Å². The number of carbonyl (C=O) groups excluding carboxylic acids is 1. The first kappa shape index (κ1) is 13.2. The Morgan fingerprint density at radius 2 is 2.33 bits per heavy atom. The number of nitrogens with zero attached hydrogens (tertiary/aromatic N) is 1. The summed E-state index contributed by atoms with van der Waals surface area (Å²) in [5.74, 6) is 0. The van der Waals surface area contributed by atoms with Crippen molar-refractivity contribution >= 4 is 23.3 Å². The molecule has 1 unspecified atom stereocenters. The summed E-state index contributed by atoms with van der Waals surface area (Å²) >= 11 is 6.04. The van der Waals surface area contributed by atoms with Gasteiger partial charge in [0.15, 0.2) is 0 Å². The fourth-order valence-electron chi connectivity index (χ4n) is 2.01. The number of carbonyl (C=O) groups is 1. The number of amides is 2. The lowest BCUT2D eigenvalue weighted by atomic mass is 10.2. The van der Waals surface area contributed by atoms with Crippen LogP contribution < -0.4 is 10.6 Å². The molecule has 0 bridgehead atoms. The quantitative estimate of drug-likeness (QED) is 0.821. The number of hydrogen-bond acceptors (Lipinski definition) is 2. The Morgan fingerprint density at radius 1 is 1.56 bits per heavy atom. The predicted molar refractivity (Wildman–Crippen MR) is 74.2 cm³/mol. The highest BCUT2D eigenvalue weighted by Gasteiger charge is 2.22. The Morgan fingerprint density at radius 3 is 3.00 bits per heavy atom. The smallest absolute Gasteiger partial charge is 0.319 e. The minimum Gasteiger partial charge on any atom is -0.319 e. The van der Waals surface area contributed by atoms with Crippen LogP contribution in [0.15, 0.2) is 18.2 Å². The van der Waals surface area contributed by atoms with Crippen LogP contribution in [0.4, 0.5) is 10.5 Å². The molecule has 5 heteroatoms. The number of aryl methyl sites for hydroxylation is 1. The van der Waals surface area contributed by atoms with Gasteiger partial charge in [-0.2, -0.15) is 0 Å². The van der Waals surface area contributed by atoms with Crippen LogP contribution in [-0.4, -0.2) is 36.6 Å². The maximum Gasteiger partial charge on any atom is 0.322 e. The molecule has 1 heterocycles. The van der Waals surface area contributed by atoms with E-state index in [1.54, 1.807) is 6.07 Å². The number of piperazine rings is 1. The van der Waals surface area contributed by atoms with Crippen molar-refractivity contribution in [3.05, 3.63) is 28.8 Å². The fourth-order valence-corrected chi connectivity index (χ4v) is 2.19. The van der Waals surface area contributed by atoms with Gasteiger partial charge < -0.3 is 15.5 Å². The van der Waals surface area contributed by atoms with Gasteiger partial charge in [-0.15, -0.1) is 0 Å². The summed E-state index contributed by atoms with van der Waals surface area (Å²) in [5, 5.41) is 6.81. The van der Waals surface area contributed by atoms with E-state index in [4.69, 9.17) is 11.6 Å². The molecule has 0 aliphatic carbocycles. The van der Waals surface area contributed by atoms with E-state index in [2.05, 4.69) is 10.6 Å². The lowest BCUT2D eigenvalue weighted by Crippen LogP contribution is -2.53. The van der Waals surface area contributed by atoms with E-state index >= 15 is 0 Å². The van der Waals surface area contributed by atoms with Crippen LogP contribution >= 0.6 is 11.6 Å². The van der Waals surface area contributed by atoms with Crippen LogP contribution in [0.3, 0.4) is 0 Å². The van der Waals surface area contributed by atoms with E-state index in [1.807, 2.05) is 30.9 Å². The van der Waals surface area contributed by atoms with E-state index in [-0.39, 0.29) is 12.1 Å². The highest BCUT2D eigenvalue weighted by molar-refractivity contribution is 6.31. The van der Waals surface area contributed by atoms with Gasteiger partial charge in [-0.05, 0) is 31.5 Å². The van der Waals surface area contributed by atoms with Crippen LogP contribution in [-0.2, 0) is 0 Å². The molecule has 2 N–H and O–H groups in total. The molecule has 98 valence electrons. The molecule has 0 radical (unpaired) electrons. The van der Waals surface area contributed by atoms with Crippen molar-refractivity contribution in [3.8, 4) is 0 Å². The maximum absolute atomic E-state index is 12.1. The molecule has 0 spiro atoms. The number of urea groups is 1. The number of hydrogen-bond donors (Lipinski definition) is 2. The van der Waals surface area contributed by atoms with Crippen molar-refractivity contribution < 1.29 is 4.79 Å². The molecule has 1 fully saturated rings. The molecule has 1 aromatic carbocycles. The third-order valence-corrected chi connectivity index (χ3v) is 3.59. The Kier molecular flexibility index (Phi) is 4.09. The molecule has 2 rings (SSSR count). The molecule has 0 aromatic heterocycles. The third-order valence-electron chi connectivity index (χ3n) is 3.19. The first-order valence-electron chi connectivity index (χ1n) is 6.12. The van der Waals surface area contributed by atoms with Gasteiger partial charge in [0, 0.05) is 36.4 Å². The molecule has 18 heavy (non-hydrogen) atoms. The number of nitrogens with one attached hydrogen (secondary N) is 2. The molecule has 1 aliphatic rings. The topological polar surface area (TPSA) is 44.4 Å². The van der Waals surface area contributed by atoms with Crippen molar-refractivity contribution in [2.24, 2.45) is 0 Å². The summed E-state index contributed by atoms with van der Waals surface area (Å²) in [5.41, 5.74) is 1.74. The molecule has 4 nitrogen and oxygen atoms in total. The van der Waals surface area contributed by atoms with Crippen molar-refractivity contribution in [2.75, 3.05) is 25.0 Å². The van der Waals surface area contributed by atoms with Crippen molar-refractivity contribution in [2.45, 2.75) is 19.9 Å². The van der Waals surface area contributed by atoms with E-state index in [0.717, 1.165) is 30.9 Å². The normalized spacial score (nSPS) is 19.7.